The number of nitrogens with two attached hydrogens (primary N) is 1. The number of nitrogen functional groups attached to an aromatic ring is 1. The van der Waals surface area contributed by atoms with Crippen molar-refractivity contribution in [2.24, 2.45) is 0 Å². The number of benzene rings is 2. The van der Waals surface area contributed by atoms with Gasteiger partial charge >= 0.3 is 12.1 Å². The van der Waals surface area contributed by atoms with E-state index >= 15 is 0 Å². The molecule has 34 heavy (non-hydrogen) atoms. The molecule has 0 aliphatic heterocycles. The van der Waals surface area contributed by atoms with Crippen molar-refractivity contribution in [3.63, 3.8) is 0 Å². The summed E-state index contributed by atoms with van der Waals surface area (Å²) in [6, 6.07) is 13.1. The van der Waals surface area contributed by atoms with Crippen LogP contribution in [0.5, 0.6) is 0 Å². The van der Waals surface area contributed by atoms with Crippen LogP contribution in [-0.4, -0.2) is 61.5 Å². The van der Waals surface area contributed by atoms with Gasteiger partial charge in [-0.1, -0.05) is 25.6 Å². The number of aromatic amines is 1. The number of aliphatic hydroxyl groups is 2. The van der Waals surface area contributed by atoms with Crippen LogP contribution in [0.3, 0.4) is 0 Å². The maximum atomic E-state index is 12.1. The Balaban J connectivity index is 0.000000633. The van der Waals surface area contributed by atoms with E-state index < -0.39 is 36.2 Å². The van der Waals surface area contributed by atoms with E-state index in [0.29, 0.717) is 22.4 Å². The zero-order chi connectivity index (χ0) is 24.8. The topological polar surface area (TPSA) is 191 Å². The maximum Gasteiger partial charge on any atom is 0.490 e. The number of anilines is 3. The molecular weight excluding hydrogens is 463 g/mol. The summed E-state index contributed by atoms with van der Waals surface area (Å²) >= 11 is 0. The van der Waals surface area contributed by atoms with Crippen molar-refractivity contribution in [2.75, 3.05) is 16.4 Å². The number of para-hydroxylation sites is 1. The molecule has 0 unspecified atom stereocenters. The van der Waals surface area contributed by atoms with Gasteiger partial charge in [0.05, 0.1) is 11.0 Å². The molecule has 2 amide bonds. The molecule has 0 saturated carbocycles. The third kappa shape index (κ3) is 7.75. The third-order valence-electron chi connectivity index (χ3n) is 3.89. The molecule has 0 spiro atoms. The number of carboxylic acids is 1. The van der Waals surface area contributed by atoms with E-state index in [1.165, 1.54) is 0 Å². The van der Waals surface area contributed by atoms with Gasteiger partial charge in [0, 0.05) is 11.4 Å². The molecule has 3 aromatic rings. The number of imidazole rings is 1. The lowest BCUT2D eigenvalue weighted by Gasteiger charge is -2.17. The summed E-state index contributed by atoms with van der Waals surface area (Å²) in [6.07, 6.45) is -8.96. The SMILES string of the molecule is C.Nc1nc2ccc(NC(=O)[C@H](O)[C@@H](O)C(=O)Nc3ccccc3)cc2[nH]1.O=C(O)C(F)(F)F. The number of hydrogen-bond acceptors (Lipinski definition) is 7. The number of alkyl halides is 3. The highest BCUT2D eigenvalue weighted by Gasteiger charge is 2.38. The lowest BCUT2D eigenvalue weighted by Crippen LogP contribution is -2.45. The van der Waals surface area contributed by atoms with E-state index in [4.69, 9.17) is 15.6 Å². The molecule has 0 bridgehead atoms. The van der Waals surface area contributed by atoms with Crippen molar-refractivity contribution >= 4 is 46.1 Å². The number of aromatic nitrogens is 2. The molecule has 0 aliphatic carbocycles. The molecule has 2 atom stereocenters. The Morgan fingerprint density at radius 3 is 1.94 bits per heavy atom. The molecule has 1 heterocycles. The molecule has 184 valence electrons. The molecule has 0 radical (unpaired) electrons. The van der Waals surface area contributed by atoms with E-state index in [0.717, 1.165) is 0 Å². The summed E-state index contributed by atoms with van der Waals surface area (Å²) in [5.41, 5.74) is 7.55. The monoisotopic (exact) mass is 485 g/mol. The molecule has 2 aromatic carbocycles. The van der Waals surface area contributed by atoms with E-state index in [1.54, 1.807) is 48.5 Å². The summed E-state index contributed by atoms with van der Waals surface area (Å²) < 4.78 is 31.7. The number of rotatable bonds is 5. The van der Waals surface area contributed by atoms with Gasteiger partial charge in [0.2, 0.25) is 0 Å². The van der Waals surface area contributed by atoms with Crippen LogP contribution in [0.25, 0.3) is 11.0 Å². The summed E-state index contributed by atoms with van der Waals surface area (Å²) in [5, 5.41) is 31.8. The Hall–Kier alpha value is -4.17. The van der Waals surface area contributed by atoms with Crippen LogP contribution in [0.15, 0.2) is 48.5 Å². The summed E-state index contributed by atoms with van der Waals surface area (Å²) in [6.45, 7) is 0. The van der Waals surface area contributed by atoms with E-state index in [1.807, 2.05) is 0 Å². The van der Waals surface area contributed by atoms with Gasteiger partial charge in [-0.15, -0.1) is 0 Å². The number of carbonyl (C=O) groups excluding carboxylic acids is 2. The minimum absolute atomic E-state index is 0. The number of halogens is 3. The number of hydrogen-bond donors (Lipinski definition) is 7. The number of fused-ring (bicyclic) bond motifs is 1. The first-order chi connectivity index (χ1) is 15.4. The average Bonchev–Trinajstić information content (AvgIpc) is 3.12. The van der Waals surface area contributed by atoms with Gasteiger partial charge in [-0.3, -0.25) is 9.59 Å². The molecular formula is C20H22F3N5O6. The predicted octanol–water partition coefficient (Wildman–Crippen LogP) is 1.71. The number of carboxylic acid groups (broad SMARTS) is 1. The zero-order valence-electron chi connectivity index (χ0n) is 16.5. The molecule has 3 rings (SSSR count). The largest absolute Gasteiger partial charge is 0.490 e. The summed E-state index contributed by atoms with van der Waals surface area (Å²) in [5.74, 6) is -4.34. The van der Waals surface area contributed by atoms with Crippen LogP contribution < -0.4 is 16.4 Å². The normalized spacial score (nSPS) is 12.4. The molecule has 0 saturated heterocycles. The Morgan fingerprint density at radius 1 is 0.941 bits per heavy atom. The second-order valence-electron chi connectivity index (χ2n) is 6.39. The van der Waals surface area contributed by atoms with Crippen molar-refractivity contribution < 1.29 is 42.9 Å². The highest BCUT2D eigenvalue weighted by molar-refractivity contribution is 6.02. The average molecular weight is 485 g/mol. The first-order valence-corrected chi connectivity index (χ1v) is 8.96. The first kappa shape index (κ1) is 27.9. The van der Waals surface area contributed by atoms with Crippen molar-refractivity contribution in [1.82, 2.24) is 9.97 Å². The van der Waals surface area contributed by atoms with E-state index in [2.05, 4.69) is 20.6 Å². The van der Waals surface area contributed by atoms with Crippen molar-refractivity contribution in [1.29, 1.82) is 0 Å². The standard InChI is InChI=1S/C17H17N5O4.C2HF3O2.CH4/c18-17-21-11-7-6-10(8-12(11)22-17)20-16(26)14(24)13(23)15(25)19-9-4-2-1-3-5-9;3-2(4,5)1(6)7;/h1-8,13-14,23-24H,(H,19,25)(H,20,26)(H3,18,21,22);(H,6,7);1H4/t13-,14-;;/m1../s1. The number of H-pyrrole nitrogens is 1. The number of aliphatic hydroxyl groups excluding tert-OH is 2. The lowest BCUT2D eigenvalue weighted by atomic mass is 10.1. The Morgan fingerprint density at radius 2 is 1.44 bits per heavy atom. The van der Waals surface area contributed by atoms with Crippen LogP contribution in [-0.2, 0) is 14.4 Å². The highest BCUT2D eigenvalue weighted by Crippen LogP contribution is 2.18. The summed E-state index contributed by atoms with van der Waals surface area (Å²) in [4.78, 5) is 39.8. The fraction of sp³-hybridized carbons (Fsp3) is 0.200. The molecule has 0 aliphatic rings. The second kappa shape index (κ2) is 11.6. The molecule has 11 nitrogen and oxygen atoms in total. The van der Waals surface area contributed by atoms with Crippen molar-refractivity contribution in [3.8, 4) is 0 Å². The summed E-state index contributed by atoms with van der Waals surface area (Å²) in [7, 11) is 0. The molecule has 14 heteroatoms. The number of amides is 2. The van der Waals surface area contributed by atoms with Gasteiger partial charge in [-0.05, 0) is 30.3 Å². The van der Waals surface area contributed by atoms with Gasteiger partial charge in [0.1, 0.15) is 0 Å². The highest BCUT2D eigenvalue weighted by atomic mass is 19.4. The molecule has 1 aromatic heterocycles. The van der Waals surface area contributed by atoms with Crippen LogP contribution in [0.2, 0.25) is 0 Å². The van der Waals surface area contributed by atoms with Crippen LogP contribution in [0.1, 0.15) is 7.43 Å². The lowest BCUT2D eigenvalue weighted by molar-refractivity contribution is -0.192. The minimum Gasteiger partial charge on any atom is -0.475 e. The Kier molecular flexibility index (Phi) is 9.53. The van der Waals surface area contributed by atoms with Crippen LogP contribution in [0.4, 0.5) is 30.5 Å². The number of carbonyl (C=O) groups is 3. The fourth-order valence-electron chi connectivity index (χ4n) is 2.35. The first-order valence-electron chi connectivity index (χ1n) is 8.96. The minimum atomic E-state index is -5.08. The number of nitrogens with one attached hydrogen (secondary N) is 3. The van der Waals surface area contributed by atoms with Gasteiger partial charge < -0.3 is 36.7 Å². The van der Waals surface area contributed by atoms with Crippen molar-refractivity contribution in [3.05, 3.63) is 48.5 Å². The van der Waals surface area contributed by atoms with Crippen LogP contribution in [0, 0.1) is 0 Å². The zero-order valence-corrected chi connectivity index (χ0v) is 16.5. The van der Waals surface area contributed by atoms with Crippen molar-refractivity contribution in [2.45, 2.75) is 25.8 Å². The van der Waals surface area contributed by atoms with E-state index in [-0.39, 0.29) is 13.4 Å². The van der Waals surface area contributed by atoms with E-state index in [9.17, 15) is 33.0 Å². The quantitative estimate of drug-likeness (QED) is 0.284. The van der Waals surface area contributed by atoms with Gasteiger partial charge in [0.15, 0.2) is 18.2 Å². The van der Waals surface area contributed by atoms with Crippen LogP contribution >= 0.6 is 0 Å². The Labute approximate surface area is 190 Å². The Bertz CT molecular complexity index is 1140. The van der Waals surface area contributed by atoms with Gasteiger partial charge in [-0.25, -0.2) is 9.78 Å². The smallest absolute Gasteiger partial charge is 0.475 e. The number of nitrogens with zero attached hydrogens (tertiary/aromatic N) is 1. The number of aliphatic carboxylic acids is 1. The maximum absolute atomic E-state index is 12.1. The second-order valence-corrected chi connectivity index (χ2v) is 6.39. The fourth-order valence-corrected chi connectivity index (χ4v) is 2.35. The molecule has 0 fully saturated rings. The third-order valence-corrected chi connectivity index (χ3v) is 3.89. The van der Waals surface area contributed by atoms with Gasteiger partial charge in [0.25, 0.3) is 11.8 Å². The van der Waals surface area contributed by atoms with Gasteiger partial charge in [-0.2, -0.15) is 13.2 Å². The molecule has 8 N–H and O–H groups in total. The predicted molar refractivity (Wildman–Crippen MR) is 117 cm³/mol.